The summed E-state index contributed by atoms with van der Waals surface area (Å²) in [6.07, 6.45) is 0.0765. The van der Waals surface area contributed by atoms with Crippen LogP contribution in [0.3, 0.4) is 0 Å². The first kappa shape index (κ1) is 17.7. The summed E-state index contributed by atoms with van der Waals surface area (Å²) in [5.74, 6) is -0.502. The number of nitrogens with zero attached hydrogens (tertiary/aromatic N) is 1. The first-order valence-electron chi connectivity index (χ1n) is 8.25. The molecule has 6 nitrogen and oxygen atoms in total. The number of hydrogen-bond acceptors (Lipinski definition) is 5. The Labute approximate surface area is 151 Å². The highest BCUT2D eigenvalue weighted by atomic mass is 16.5. The van der Waals surface area contributed by atoms with Crippen molar-refractivity contribution in [3.05, 3.63) is 54.1 Å². The molecular weight excluding hydrogens is 334 g/mol. The van der Waals surface area contributed by atoms with E-state index in [9.17, 15) is 14.4 Å². The lowest BCUT2D eigenvalue weighted by molar-refractivity contribution is -0.139. The Hall–Kier alpha value is -3.15. The van der Waals surface area contributed by atoms with Crippen LogP contribution in [0.5, 0.6) is 11.5 Å². The second kappa shape index (κ2) is 7.39. The highest BCUT2D eigenvalue weighted by Gasteiger charge is 2.36. The van der Waals surface area contributed by atoms with Gasteiger partial charge >= 0.3 is 5.97 Å². The first-order valence-corrected chi connectivity index (χ1v) is 8.25. The number of esters is 1. The highest BCUT2D eigenvalue weighted by Crippen LogP contribution is 2.28. The maximum atomic E-state index is 12.5. The topological polar surface area (TPSA) is 72.9 Å². The van der Waals surface area contributed by atoms with Gasteiger partial charge in [0.2, 0.25) is 5.91 Å². The maximum absolute atomic E-state index is 12.5. The summed E-state index contributed by atoms with van der Waals surface area (Å²) in [5, 5.41) is 0. The van der Waals surface area contributed by atoms with Gasteiger partial charge in [-0.2, -0.15) is 0 Å². The Bertz CT molecular complexity index is 844. The van der Waals surface area contributed by atoms with Crippen molar-refractivity contribution in [3.63, 3.8) is 0 Å². The van der Waals surface area contributed by atoms with E-state index in [1.165, 1.54) is 6.92 Å². The quantitative estimate of drug-likeness (QED) is 0.469. The van der Waals surface area contributed by atoms with Crippen LogP contribution in [-0.2, 0) is 9.59 Å². The number of carbonyl (C=O) groups is 3. The number of hydrogen-bond donors (Lipinski definition) is 0. The van der Waals surface area contributed by atoms with Gasteiger partial charge in [-0.3, -0.25) is 14.4 Å². The minimum Gasteiger partial charge on any atom is -0.497 e. The molecular formula is C20H19NO5. The van der Waals surface area contributed by atoms with Crippen LogP contribution < -0.4 is 14.4 Å². The molecule has 0 aromatic heterocycles. The van der Waals surface area contributed by atoms with E-state index in [0.717, 1.165) is 0 Å². The Kier molecular flexibility index (Phi) is 5.02. The van der Waals surface area contributed by atoms with E-state index < -0.39 is 11.9 Å². The molecule has 3 rings (SSSR count). The average molecular weight is 353 g/mol. The van der Waals surface area contributed by atoms with Crippen molar-refractivity contribution in [2.75, 3.05) is 18.6 Å². The van der Waals surface area contributed by atoms with Crippen molar-refractivity contribution < 1.29 is 23.9 Å². The Morgan fingerprint density at radius 3 is 2.42 bits per heavy atom. The van der Waals surface area contributed by atoms with E-state index in [0.29, 0.717) is 17.0 Å². The van der Waals surface area contributed by atoms with Gasteiger partial charge in [0.15, 0.2) is 5.78 Å². The van der Waals surface area contributed by atoms with E-state index in [4.69, 9.17) is 9.47 Å². The number of para-hydroxylation sites is 1. The second-order valence-electron chi connectivity index (χ2n) is 6.08. The summed E-state index contributed by atoms with van der Waals surface area (Å²) < 4.78 is 10.5. The number of amides is 1. The van der Waals surface area contributed by atoms with Crippen molar-refractivity contribution in [3.8, 4) is 11.5 Å². The van der Waals surface area contributed by atoms with Crippen molar-refractivity contribution in [2.45, 2.75) is 13.3 Å². The van der Waals surface area contributed by atoms with Crippen LogP contribution in [0, 0.1) is 5.92 Å². The molecule has 6 heteroatoms. The zero-order chi connectivity index (χ0) is 18.7. The molecule has 1 saturated heterocycles. The highest BCUT2D eigenvalue weighted by molar-refractivity contribution is 6.01. The van der Waals surface area contributed by atoms with Gasteiger partial charge in [-0.1, -0.05) is 12.1 Å². The van der Waals surface area contributed by atoms with Gasteiger partial charge in [0.1, 0.15) is 11.5 Å². The molecule has 0 spiro atoms. The maximum Gasteiger partial charge on any atom is 0.316 e. The van der Waals surface area contributed by atoms with Crippen LogP contribution in [0.1, 0.15) is 23.7 Å². The van der Waals surface area contributed by atoms with E-state index in [-0.39, 0.29) is 30.4 Å². The van der Waals surface area contributed by atoms with E-state index in [1.54, 1.807) is 60.5 Å². The fourth-order valence-electron chi connectivity index (χ4n) is 2.92. The van der Waals surface area contributed by atoms with E-state index >= 15 is 0 Å². The van der Waals surface area contributed by atoms with Crippen LogP contribution >= 0.6 is 0 Å². The number of methoxy groups -OCH3 is 1. The van der Waals surface area contributed by atoms with Crippen LogP contribution in [0.4, 0.5) is 5.69 Å². The molecule has 0 N–H and O–H groups in total. The third kappa shape index (κ3) is 3.59. The number of benzene rings is 2. The van der Waals surface area contributed by atoms with Crippen LogP contribution in [0.2, 0.25) is 0 Å². The summed E-state index contributed by atoms with van der Waals surface area (Å²) >= 11 is 0. The summed E-state index contributed by atoms with van der Waals surface area (Å²) in [5.41, 5.74) is 1.05. The lowest BCUT2D eigenvalue weighted by atomic mass is 10.1. The van der Waals surface area contributed by atoms with Gasteiger partial charge in [0.05, 0.1) is 18.6 Å². The van der Waals surface area contributed by atoms with Crippen molar-refractivity contribution in [2.24, 2.45) is 5.92 Å². The summed E-state index contributed by atoms with van der Waals surface area (Å²) in [6, 6.07) is 13.7. The molecule has 0 aliphatic carbocycles. The fourth-order valence-corrected chi connectivity index (χ4v) is 2.92. The van der Waals surface area contributed by atoms with Gasteiger partial charge in [-0.25, -0.2) is 0 Å². The molecule has 1 heterocycles. The molecule has 2 aromatic rings. The molecule has 1 aliphatic heterocycles. The van der Waals surface area contributed by atoms with Crippen LogP contribution in [0.25, 0.3) is 0 Å². The molecule has 2 aromatic carbocycles. The molecule has 26 heavy (non-hydrogen) atoms. The summed E-state index contributed by atoms with van der Waals surface area (Å²) in [7, 11) is 1.57. The summed E-state index contributed by atoms with van der Waals surface area (Å²) in [4.78, 5) is 38.0. The van der Waals surface area contributed by atoms with E-state index in [2.05, 4.69) is 0 Å². The minimum absolute atomic E-state index is 0.0765. The van der Waals surface area contributed by atoms with Gasteiger partial charge in [0, 0.05) is 18.7 Å². The molecule has 0 unspecified atom stereocenters. The molecule has 1 amide bonds. The minimum atomic E-state index is -0.579. The zero-order valence-electron chi connectivity index (χ0n) is 14.6. The summed E-state index contributed by atoms with van der Waals surface area (Å²) in [6.45, 7) is 1.66. The third-order valence-electron chi connectivity index (χ3n) is 4.32. The standard InChI is InChI=1S/C20H19NO5/c1-13(22)17-5-3-4-6-18(17)26-20(24)14-11-19(23)21(12-14)15-7-9-16(25-2)10-8-15/h3-10,14H,11-12H2,1-2H3/t14-/m1/s1. The Morgan fingerprint density at radius 2 is 1.77 bits per heavy atom. The number of carbonyl (C=O) groups excluding carboxylic acids is 3. The second-order valence-corrected chi connectivity index (χ2v) is 6.08. The van der Waals surface area contributed by atoms with Gasteiger partial charge in [-0.15, -0.1) is 0 Å². The SMILES string of the molecule is COc1ccc(N2C[C@H](C(=O)Oc3ccccc3C(C)=O)CC2=O)cc1. The molecule has 1 fully saturated rings. The average Bonchev–Trinajstić information content (AvgIpc) is 3.04. The third-order valence-corrected chi connectivity index (χ3v) is 4.32. The lowest BCUT2D eigenvalue weighted by Crippen LogP contribution is -2.27. The monoisotopic (exact) mass is 353 g/mol. The number of anilines is 1. The first-order chi connectivity index (χ1) is 12.5. The van der Waals surface area contributed by atoms with E-state index in [1.807, 2.05) is 0 Å². The number of ketones is 1. The smallest absolute Gasteiger partial charge is 0.316 e. The van der Waals surface area contributed by atoms with Crippen LogP contribution in [-0.4, -0.2) is 31.3 Å². The Morgan fingerprint density at radius 1 is 1.08 bits per heavy atom. The van der Waals surface area contributed by atoms with Crippen molar-refractivity contribution in [1.82, 2.24) is 0 Å². The normalized spacial score (nSPS) is 16.5. The molecule has 0 saturated carbocycles. The van der Waals surface area contributed by atoms with Gasteiger partial charge in [0.25, 0.3) is 0 Å². The molecule has 1 aliphatic rings. The van der Waals surface area contributed by atoms with Crippen LogP contribution in [0.15, 0.2) is 48.5 Å². The van der Waals surface area contributed by atoms with Gasteiger partial charge in [-0.05, 0) is 43.3 Å². The largest absolute Gasteiger partial charge is 0.497 e. The zero-order valence-corrected chi connectivity index (χ0v) is 14.6. The van der Waals surface area contributed by atoms with Crippen molar-refractivity contribution >= 4 is 23.3 Å². The number of ether oxygens (including phenoxy) is 2. The molecule has 0 bridgehead atoms. The van der Waals surface area contributed by atoms with Gasteiger partial charge < -0.3 is 14.4 Å². The number of rotatable bonds is 5. The molecule has 1 atom stereocenters. The lowest BCUT2D eigenvalue weighted by Gasteiger charge is -2.17. The number of Topliss-reactive ketones (excluding diaryl/α,β-unsaturated/α-hetero) is 1. The molecule has 0 radical (unpaired) electrons. The molecule has 134 valence electrons. The Balaban J connectivity index is 1.72. The predicted octanol–water partition coefficient (Wildman–Crippen LogP) is 2.86. The fraction of sp³-hybridized carbons (Fsp3) is 0.250. The predicted molar refractivity (Wildman–Crippen MR) is 95.5 cm³/mol. The van der Waals surface area contributed by atoms with Crippen molar-refractivity contribution in [1.29, 1.82) is 0 Å².